The number of ether oxygens (including phenoxy) is 8. The first kappa shape index (κ1) is 82.1. The zero-order valence-corrected chi connectivity index (χ0v) is 60.7. The summed E-state index contributed by atoms with van der Waals surface area (Å²) in [5.41, 5.74) is 8.44. The van der Waals surface area contributed by atoms with Crippen LogP contribution in [0, 0.1) is 5.92 Å². The number of carbonyl (C=O) groups excluding carboxylic acids is 7. The Labute approximate surface area is 635 Å². The van der Waals surface area contributed by atoms with Crippen LogP contribution in [0.1, 0.15) is 105 Å². The number of primary amides is 1. The summed E-state index contributed by atoms with van der Waals surface area (Å²) in [7, 11) is 1.46. The summed E-state index contributed by atoms with van der Waals surface area (Å²) in [5, 5.41) is 164. The topological polar surface area (TPSA) is 593 Å². The van der Waals surface area contributed by atoms with E-state index < -0.39 is 279 Å². The average Bonchev–Trinajstić information content (AvgIpc) is 0.680. The number of aliphatic hydroxyl groups is 10. The fourth-order valence-corrected chi connectivity index (χ4v) is 14.2. The predicted octanol–water partition coefficient (Wildman–Crippen LogP) is -2.20. The fraction of sp³-hybridized carbons (Fsp3) is 0.479. The summed E-state index contributed by atoms with van der Waals surface area (Å²) in [4.78, 5) is 105. The van der Waals surface area contributed by atoms with Gasteiger partial charge in [-0.15, -0.1) is 0 Å². The maximum Gasteiger partial charge on any atom is 0.248 e. The van der Waals surface area contributed by atoms with Crippen LogP contribution in [0.4, 0.5) is 0 Å². The van der Waals surface area contributed by atoms with Crippen molar-refractivity contribution < 1.29 is 138 Å². The maximum atomic E-state index is 16.3. The van der Waals surface area contributed by atoms with E-state index in [0.29, 0.717) is 0 Å². The van der Waals surface area contributed by atoms with Crippen LogP contribution >= 0.6 is 23.2 Å². The number of fused-ring (bicyclic) bond motifs is 15. The molecular weight excluding hydrogens is 1500 g/mol. The lowest BCUT2D eigenvalue weighted by Gasteiger charge is -2.45. The lowest BCUT2D eigenvalue weighted by Crippen LogP contribution is -2.65. The van der Waals surface area contributed by atoms with Gasteiger partial charge in [0.25, 0.3) is 0 Å². The molecule has 110 heavy (non-hydrogen) atoms. The van der Waals surface area contributed by atoms with Crippen molar-refractivity contribution >= 4 is 64.6 Å². The first-order chi connectivity index (χ1) is 52.0. The molecule has 0 aliphatic carbocycles. The minimum absolute atomic E-state index is 0.115. The Morgan fingerprint density at radius 3 is 1.86 bits per heavy atom. The lowest BCUT2D eigenvalue weighted by molar-refractivity contribution is -0.352. The summed E-state index contributed by atoms with van der Waals surface area (Å²) in [6.45, 7) is 4.55. The van der Waals surface area contributed by atoms with E-state index in [-0.39, 0.29) is 35.4 Å². The minimum Gasteiger partial charge on any atom is -0.508 e. The largest absolute Gasteiger partial charge is 0.508 e. The van der Waals surface area contributed by atoms with Crippen molar-refractivity contribution in [2.24, 2.45) is 17.4 Å². The van der Waals surface area contributed by atoms with E-state index in [4.69, 9.17) is 72.6 Å². The third-order valence-electron chi connectivity index (χ3n) is 19.6. The molecule has 3 unspecified atom stereocenters. The minimum atomic E-state index is -2.38. The molecule has 37 nitrogen and oxygen atoms in total. The van der Waals surface area contributed by atoms with Gasteiger partial charge in [-0.2, -0.15) is 0 Å². The van der Waals surface area contributed by atoms with Gasteiger partial charge in [-0.3, -0.25) is 33.6 Å². The molecule has 0 radical (unpaired) electrons. The van der Waals surface area contributed by atoms with Crippen LogP contribution in [-0.2, 0) is 57.2 Å². The van der Waals surface area contributed by atoms with Crippen LogP contribution < -0.4 is 62.9 Å². The molecule has 5 aromatic carbocycles. The SMILES string of the molecule is CN[C@H](CC(C)C)C(=O)NC1C(=O)NC(CC(N)=O)C(=O)N[C@H]2C(=O)NC3C(=O)N[C@H](C(=O)N[C@@H](O)c4cc(O)cc(O)c4-c4cc3ccc4O)[C@H](O[C@H]3C[C@](C)(N)[C@@H](O)[C@H](C)O3)c3ccc(c(Cl)c3)Oc3cc2cc(c3O[C@@H]2O[C@H](CO)[C@@H](O[C@@H]3O[C@H](CO)[C@H](O)[C@H](O)[C@H]3O)[C@H](O)[C@H]2O)Oc2ccc(cc2Cl)[C@H]1O. The Balaban J connectivity index is 1.15. The molecule has 5 aromatic rings. The van der Waals surface area contributed by atoms with Crippen LogP contribution in [0.3, 0.4) is 0 Å². The summed E-state index contributed by atoms with van der Waals surface area (Å²) in [6.07, 6.45) is -31.4. The quantitative estimate of drug-likeness (QED) is 0.0529. The molecule has 8 aliphatic rings. The van der Waals surface area contributed by atoms with Gasteiger partial charge in [0.2, 0.25) is 53.4 Å². The van der Waals surface area contributed by atoms with E-state index in [9.17, 15) is 80.8 Å². The number of carbonyl (C=O) groups is 7. The van der Waals surface area contributed by atoms with Gasteiger partial charge in [-0.05, 0) is 110 Å². The molecule has 11 bridgehead atoms. The molecule has 23 atom stereocenters. The number of phenolic OH excluding ortho intramolecular Hbond substituents is 3. The number of aliphatic hydroxyl groups excluding tert-OH is 10. The molecule has 596 valence electrons. The van der Waals surface area contributed by atoms with Crippen molar-refractivity contribution in [2.45, 2.75) is 187 Å². The summed E-state index contributed by atoms with van der Waals surface area (Å²) >= 11 is 14.3. The number of aromatic hydroxyl groups is 3. The highest BCUT2D eigenvalue weighted by atomic mass is 35.5. The number of hydrogen-bond donors (Lipinski definition) is 22. The molecule has 0 spiro atoms. The van der Waals surface area contributed by atoms with Crippen molar-refractivity contribution in [3.8, 4) is 57.1 Å². The van der Waals surface area contributed by atoms with Gasteiger partial charge in [0, 0.05) is 34.7 Å². The Morgan fingerprint density at radius 1 is 0.645 bits per heavy atom. The molecule has 39 heteroatoms. The van der Waals surface area contributed by atoms with Crippen LogP contribution in [0.2, 0.25) is 10.0 Å². The highest BCUT2D eigenvalue weighted by Gasteiger charge is 2.53. The Kier molecular flexibility index (Phi) is 25.0. The number of amides is 7. The first-order valence-electron chi connectivity index (χ1n) is 34.7. The van der Waals surface area contributed by atoms with Gasteiger partial charge < -0.3 is 153 Å². The third kappa shape index (κ3) is 17.3. The zero-order valence-electron chi connectivity index (χ0n) is 59.2. The summed E-state index contributed by atoms with van der Waals surface area (Å²) in [6, 6.07) is 1.95. The lowest BCUT2D eigenvalue weighted by atomic mass is 9.86. The number of halogens is 2. The third-order valence-corrected chi connectivity index (χ3v) is 20.2. The second-order valence-electron chi connectivity index (χ2n) is 28.2. The second kappa shape index (κ2) is 33.6. The van der Waals surface area contributed by atoms with E-state index in [1.165, 1.54) is 45.2 Å². The number of hydrogen-bond acceptors (Lipinski definition) is 30. The predicted molar refractivity (Wildman–Crippen MR) is 377 cm³/mol. The van der Waals surface area contributed by atoms with Crippen molar-refractivity contribution in [1.29, 1.82) is 0 Å². The molecule has 0 saturated carbocycles. The molecule has 0 aromatic heterocycles. The number of likely N-dealkylation sites (N-methyl/N-ethyl adjacent to an activating group) is 1. The van der Waals surface area contributed by atoms with Gasteiger partial charge in [0.1, 0.15) is 120 Å². The van der Waals surface area contributed by atoms with Crippen LogP contribution in [0.25, 0.3) is 11.1 Å². The highest BCUT2D eigenvalue weighted by Crippen LogP contribution is 2.50. The molecule has 8 aliphatic heterocycles. The van der Waals surface area contributed by atoms with E-state index in [1.54, 1.807) is 0 Å². The van der Waals surface area contributed by atoms with Crippen molar-refractivity contribution in [3.63, 3.8) is 0 Å². The number of benzene rings is 5. The average molecular weight is 1580 g/mol. The van der Waals surface area contributed by atoms with Gasteiger partial charge in [0.05, 0.1) is 47.9 Å². The first-order valence-corrected chi connectivity index (χ1v) is 35.4. The van der Waals surface area contributed by atoms with E-state index >= 15 is 19.2 Å². The highest BCUT2D eigenvalue weighted by molar-refractivity contribution is 6.32. The molecule has 3 saturated heterocycles. The van der Waals surface area contributed by atoms with Gasteiger partial charge in [0.15, 0.2) is 30.3 Å². The number of nitrogens with one attached hydrogen (secondary N) is 7. The van der Waals surface area contributed by atoms with Crippen molar-refractivity contribution in [1.82, 2.24) is 37.2 Å². The normalized spacial score (nSPS) is 32.3. The van der Waals surface area contributed by atoms with E-state index in [0.717, 1.165) is 54.6 Å². The number of rotatable bonds is 15. The number of phenols is 3. The second-order valence-corrected chi connectivity index (χ2v) is 29.0. The zero-order chi connectivity index (χ0) is 80.0. The van der Waals surface area contributed by atoms with Gasteiger partial charge in [-0.25, -0.2) is 0 Å². The molecular formula is C71H85Cl2N9O28. The molecule has 8 heterocycles. The molecule has 24 N–H and O–H groups in total. The van der Waals surface area contributed by atoms with Gasteiger partial charge >= 0.3 is 0 Å². The monoisotopic (exact) mass is 1580 g/mol. The van der Waals surface area contributed by atoms with Gasteiger partial charge in [-0.1, -0.05) is 55.2 Å². The molecule has 13 rings (SSSR count). The van der Waals surface area contributed by atoms with E-state index in [1.807, 2.05) is 13.8 Å². The van der Waals surface area contributed by atoms with Crippen LogP contribution in [0.15, 0.2) is 78.9 Å². The summed E-state index contributed by atoms with van der Waals surface area (Å²) in [5.74, 6) is -14.2. The van der Waals surface area contributed by atoms with Crippen molar-refractivity contribution in [3.05, 3.63) is 117 Å². The van der Waals surface area contributed by atoms with Crippen molar-refractivity contribution in [2.75, 3.05) is 20.3 Å². The molecule has 3 fully saturated rings. The smallest absolute Gasteiger partial charge is 0.248 e. The summed E-state index contributed by atoms with van der Waals surface area (Å²) < 4.78 is 49.9. The van der Waals surface area contributed by atoms with Crippen LogP contribution in [-0.4, -0.2) is 238 Å². The van der Waals surface area contributed by atoms with E-state index in [2.05, 4.69) is 37.2 Å². The Bertz CT molecular complexity index is 4310. The maximum absolute atomic E-state index is 16.3. The number of nitrogens with two attached hydrogens (primary N) is 2. The Hall–Kier alpha value is -8.91. The fourth-order valence-electron chi connectivity index (χ4n) is 13.8. The molecule has 7 amide bonds. The standard InChI is InChI=1S/C71H85Cl2N9O28/c1-24(2)12-35(76-5)63(97)80-50-52(89)27-7-10-39(33(72)14-27)104-41-16-29-17-42(59(41)109-70-57(94)55(92)60(44(23-84)107-70)110-69-56(93)54(91)53(90)43(22-83)106-69)105-40-11-8-28(15-34(40)73)58(108-46-21-71(4,75)61(95)25(3)103-46)51-68(102)82-62(96)32-18-30(85)19-38(87)47(32)31-13-26(6-9-37(31)86)48(65(99)81-51)79-66(100)49(29)78-64(98)36(20-45(74)88)77-67(50)101/h6-11,13-19,24-25,35-36,43-44,46,48-58,60-62,69-70,76,83-87,89-96H,12,20-23,75H2,1-5H3,(H2,74,88)(H,77,101)(H,78,98)(H,79,100)(H,80,97)(H,81,99)(H,82,102)/t25-,35+,36?,43+,44+,46-,48?,49+,50?,51-,52+,53-,54-,55+,56+,57+,58+,60+,61-,62-,69-,70-,71-/m0/s1. The Morgan fingerprint density at radius 2 is 1.25 bits per heavy atom. The van der Waals surface area contributed by atoms with Crippen LogP contribution in [0.5, 0.6) is 46.0 Å².